The van der Waals surface area contributed by atoms with Gasteiger partial charge in [0.2, 0.25) is 11.8 Å². The van der Waals surface area contributed by atoms with Gasteiger partial charge in [0.25, 0.3) is 5.91 Å². The van der Waals surface area contributed by atoms with E-state index < -0.39 is 23.6 Å². The molecule has 0 radical (unpaired) electrons. The number of rotatable bonds is 9. The Morgan fingerprint density at radius 2 is 1.76 bits per heavy atom. The molecule has 1 aromatic heterocycles. The fraction of sp³-hybridized carbons (Fsp3) is 0.310. The van der Waals surface area contributed by atoms with Crippen molar-refractivity contribution >= 4 is 23.3 Å². The number of alkyl halides is 3. The minimum Gasteiger partial charge on any atom is -0.439 e. The van der Waals surface area contributed by atoms with E-state index >= 15 is 0 Å². The Balaban J connectivity index is 1.49. The molecular weight excluding hydrogens is 537 g/mol. The number of ether oxygens (including phenoxy) is 1. The molecule has 1 fully saturated rings. The van der Waals surface area contributed by atoms with Gasteiger partial charge in [0.15, 0.2) is 0 Å². The molecule has 1 aliphatic heterocycles. The lowest BCUT2D eigenvalue weighted by atomic mass is 10.0. The van der Waals surface area contributed by atoms with E-state index in [9.17, 15) is 22.8 Å². The number of anilines is 2. The van der Waals surface area contributed by atoms with E-state index in [1.165, 1.54) is 30.6 Å². The average molecular weight is 569 g/mol. The van der Waals surface area contributed by atoms with Crippen molar-refractivity contribution in [1.82, 2.24) is 19.8 Å². The summed E-state index contributed by atoms with van der Waals surface area (Å²) in [5, 5.41) is 5.06. The second-order valence-corrected chi connectivity index (χ2v) is 9.55. The number of carbonyl (C=O) groups is 2. The van der Waals surface area contributed by atoms with E-state index in [1.807, 2.05) is 4.90 Å². The predicted octanol–water partition coefficient (Wildman–Crippen LogP) is 5.11. The molecule has 2 amide bonds. The van der Waals surface area contributed by atoms with Crippen LogP contribution in [0, 0.1) is 6.92 Å². The topological polar surface area (TPSA) is 99.7 Å². The Labute approximate surface area is 236 Å². The van der Waals surface area contributed by atoms with Gasteiger partial charge in [-0.05, 0) is 54.9 Å². The highest BCUT2D eigenvalue weighted by Crippen LogP contribution is 2.35. The predicted molar refractivity (Wildman–Crippen MR) is 149 cm³/mol. The van der Waals surface area contributed by atoms with Crippen molar-refractivity contribution < 1.29 is 27.5 Å². The zero-order valence-electron chi connectivity index (χ0n) is 22.8. The molecule has 0 saturated carbocycles. The first-order valence-electron chi connectivity index (χ1n) is 13.1. The molecule has 3 aromatic rings. The smallest absolute Gasteiger partial charge is 0.416 e. The summed E-state index contributed by atoms with van der Waals surface area (Å²) in [5.41, 5.74) is 0.277. The third kappa shape index (κ3) is 7.89. The first kappa shape index (κ1) is 29.7. The number of aryl methyl sites for hydroxylation is 1. The summed E-state index contributed by atoms with van der Waals surface area (Å²) >= 11 is 0. The molecule has 1 saturated heterocycles. The number of likely N-dealkylation sites (N-methyl/N-ethyl adjacent to an activating group) is 1. The number of amides is 2. The Bertz CT molecular complexity index is 1420. The van der Waals surface area contributed by atoms with Gasteiger partial charge in [0.05, 0.1) is 5.56 Å². The summed E-state index contributed by atoms with van der Waals surface area (Å²) in [6, 6.07) is 9.93. The van der Waals surface area contributed by atoms with Gasteiger partial charge < -0.3 is 20.3 Å². The molecule has 1 aliphatic rings. The molecule has 0 atom stereocenters. The molecular formula is C29H31F3N6O3. The van der Waals surface area contributed by atoms with E-state index in [0.717, 1.165) is 31.8 Å². The highest BCUT2D eigenvalue weighted by atomic mass is 19.4. The molecule has 9 nitrogen and oxygen atoms in total. The lowest BCUT2D eigenvalue weighted by Gasteiger charge is -2.34. The van der Waals surface area contributed by atoms with Crippen molar-refractivity contribution in [3.63, 3.8) is 0 Å². The van der Waals surface area contributed by atoms with Gasteiger partial charge in [-0.3, -0.25) is 14.5 Å². The maximum absolute atomic E-state index is 14.0. The molecule has 0 spiro atoms. The van der Waals surface area contributed by atoms with Crippen LogP contribution in [0.3, 0.4) is 0 Å². The maximum atomic E-state index is 14.0. The van der Waals surface area contributed by atoms with Crippen molar-refractivity contribution in [2.24, 2.45) is 0 Å². The Morgan fingerprint density at radius 1 is 1.02 bits per heavy atom. The molecule has 4 rings (SSSR count). The molecule has 2 N–H and O–H groups in total. The average Bonchev–Trinajstić information content (AvgIpc) is 2.95. The maximum Gasteiger partial charge on any atom is 0.416 e. The molecule has 0 bridgehead atoms. The zero-order chi connectivity index (χ0) is 29.6. The van der Waals surface area contributed by atoms with Gasteiger partial charge in [-0.1, -0.05) is 25.6 Å². The summed E-state index contributed by atoms with van der Waals surface area (Å²) < 4.78 is 47.8. The number of halogens is 3. The monoisotopic (exact) mass is 568 g/mol. The number of nitrogens with one attached hydrogen (secondary N) is 2. The first-order valence-corrected chi connectivity index (χ1v) is 13.1. The van der Waals surface area contributed by atoms with Gasteiger partial charge in [-0.15, -0.1) is 0 Å². The van der Waals surface area contributed by atoms with Crippen LogP contribution in [0.4, 0.5) is 24.7 Å². The summed E-state index contributed by atoms with van der Waals surface area (Å²) in [4.78, 5) is 36.8. The van der Waals surface area contributed by atoms with Crippen LogP contribution in [0.2, 0.25) is 0 Å². The summed E-state index contributed by atoms with van der Waals surface area (Å²) in [6.45, 7) is 11.3. The van der Waals surface area contributed by atoms with Crippen LogP contribution in [-0.2, 0) is 17.5 Å². The van der Waals surface area contributed by atoms with Crippen LogP contribution in [0.25, 0.3) is 0 Å². The fourth-order valence-electron chi connectivity index (χ4n) is 4.37. The molecule has 0 unspecified atom stereocenters. The number of hydrogen-bond acceptors (Lipinski definition) is 7. The lowest BCUT2D eigenvalue weighted by Crippen LogP contribution is -2.45. The molecule has 2 heterocycles. The molecule has 2 aromatic carbocycles. The highest BCUT2D eigenvalue weighted by Gasteiger charge is 2.34. The van der Waals surface area contributed by atoms with Crippen molar-refractivity contribution in [3.05, 3.63) is 83.7 Å². The van der Waals surface area contributed by atoms with Gasteiger partial charge in [0.1, 0.15) is 17.9 Å². The Kier molecular flexibility index (Phi) is 9.35. The Hall–Kier alpha value is -4.29. The number of nitrogens with zero attached hydrogens (tertiary/aromatic N) is 4. The standard InChI is InChI=1S/C29H31F3N6O3/c1-4-26(39)36-25-16-27(34-18-33-25)41-24-14-20(7-6-19(24)3)28(40)35-22-9-8-21(23(15-22)29(30,31)32)17-38-12-10-37(5-2)11-13-38/h4,6-9,14-16,18H,1,5,10-13,17H2,2-3H3,(H,35,40)(H,33,34,36,39). The Morgan fingerprint density at radius 3 is 2.44 bits per heavy atom. The van der Waals surface area contributed by atoms with Crippen LogP contribution >= 0.6 is 0 Å². The van der Waals surface area contributed by atoms with E-state index in [1.54, 1.807) is 19.1 Å². The van der Waals surface area contributed by atoms with E-state index in [2.05, 4.69) is 39.0 Å². The quantitative estimate of drug-likeness (QED) is 0.346. The van der Waals surface area contributed by atoms with Crippen LogP contribution in [-0.4, -0.2) is 64.3 Å². The fourth-order valence-corrected chi connectivity index (χ4v) is 4.37. The third-order valence-electron chi connectivity index (χ3n) is 6.72. The second-order valence-electron chi connectivity index (χ2n) is 9.55. The number of piperazine rings is 1. The molecule has 41 heavy (non-hydrogen) atoms. The van der Waals surface area contributed by atoms with Crippen LogP contribution < -0.4 is 15.4 Å². The summed E-state index contributed by atoms with van der Waals surface area (Å²) in [5.74, 6) is -0.457. The van der Waals surface area contributed by atoms with Crippen LogP contribution in [0.1, 0.15) is 34.0 Å². The zero-order valence-corrected chi connectivity index (χ0v) is 22.8. The van der Waals surface area contributed by atoms with Gasteiger partial charge >= 0.3 is 6.18 Å². The summed E-state index contributed by atoms with van der Waals surface area (Å²) in [7, 11) is 0. The summed E-state index contributed by atoms with van der Waals surface area (Å²) in [6.07, 6.45) is -2.28. The molecule has 216 valence electrons. The van der Waals surface area contributed by atoms with E-state index in [-0.39, 0.29) is 35.1 Å². The first-order chi connectivity index (χ1) is 19.5. The van der Waals surface area contributed by atoms with Crippen molar-refractivity contribution in [1.29, 1.82) is 0 Å². The van der Waals surface area contributed by atoms with Crippen molar-refractivity contribution in [3.8, 4) is 11.6 Å². The number of hydrogen-bond donors (Lipinski definition) is 2. The molecule has 12 heteroatoms. The number of carbonyl (C=O) groups excluding carboxylic acids is 2. The second kappa shape index (κ2) is 12.9. The normalized spacial score (nSPS) is 14.4. The van der Waals surface area contributed by atoms with Crippen molar-refractivity contribution in [2.45, 2.75) is 26.6 Å². The number of benzene rings is 2. The largest absolute Gasteiger partial charge is 0.439 e. The van der Waals surface area contributed by atoms with Crippen LogP contribution in [0.15, 0.2) is 61.4 Å². The minimum atomic E-state index is -4.58. The van der Waals surface area contributed by atoms with Gasteiger partial charge in [-0.2, -0.15) is 13.2 Å². The van der Waals surface area contributed by atoms with Crippen molar-refractivity contribution in [2.75, 3.05) is 43.4 Å². The lowest BCUT2D eigenvalue weighted by molar-refractivity contribution is -0.138. The van der Waals surface area contributed by atoms with Gasteiger partial charge in [-0.25, -0.2) is 9.97 Å². The van der Waals surface area contributed by atoms with Gasteiger partial charge in [0, 0.05) is 50.0 Å². The SMILES string of the molecule is C=CC(=O)Nc1cc(Oc2cc(C(=O)Nc3ccc(CN4CCN(CC)CC4)c(C(F)(F)F)c3)ccc2C)ncn1. The third-order valence-corrected chi connectivity index (χ3v) is 6.72. The van der Waals surface area contributed by atoms with E-state index in [4.69, 9.17) is 4.74 Å². The van der Waals surface area contributed by atoms with Crippen LogP contribution in [0.5, 0.6) is 11.6 Å². The minimum absolute atomic E-state index is 0.0309. The molecule has 0 aliphatic carbocycles. The highest BCUT2D eigenvalue weighted by molar-refractivity contribution is 6.04. The number of aromatic nitrogens is 2. The van der Waals surface area contributed by atoms with E-state index in [0.29, 0.717) is 24.4 Å².